The van der Waals surface area contributed by atoms with E-state index < -0.39 is 11.7 Å². The Balaban J connectivity index is 1.16. The fourth-order valence-corrected chi connectivity index (χ4v) is 5.17. The summed E-state index contributed by atoms with van der Waals surface area (Å²) in [6.45, 7) is 4.53. The van der Waals surface area contributed by atoms with Gasteiger partial charge in [-0.1, -0.05) is 6.07 Å². The first-order valence-electron chi connectivity index (χ1n) is 12.0. The number of aliphatic hydroxyl groups is 2. The van der Waals surface area contributed by atoms with E-state index in [0.29, 0.717) is 43.0 Å². The highest BCUT2D eigenvalue weighted by Crippen LogP contribution is 2.36. The minimum Gasteiger partial charge on any atom is -0.487 e. The summed E-state index contributed by atoms with van der Waals surface area (Å²) in [7, 11) is 0. The van der Waals surface area contributed by atoms with Gasteiger partial charge in [-0.05, 0) is 68.4 Å². The highest BCUT2D eigenvalue weighted by Gasteiger charge is 2.33. The third-order valence-corrected chi connectivity index (χ3v) is 7.23. The zero-order valence-corrected chi connectivity index (χ0v) is 18.6. The Morgan fingerprint density at radius 3 is 2.69 bits per heavy atom. The van der Waals surface area contributed by atoms with Crippen LogP contribution < -0.4 is 9.47 Å². The number of ether oxygens (including phenoxy) is 3. The molecule has 1 aromatic carbocycles. The molecule has 3 heterocycles. The number of hydrogen-bond acceptors (Lipinski definition) is 8. The molecule has 1 unspecified atom stereocenters. The van der Waals surface area contributed by atoms with Gasteiger partial charge in [0.25, 0.3) is 5.88 Å². The number of piperidine rings is 1. The molecule has 8 nitrogen and oxygen atoms in total. The third-order valence-electron chi connectivity index (χ3n) is 7.23. The third kappa shape index (κ3) is 4.88. The SMILES string of the molecule is O[C@H]1CCCC1Oc1cccc2onc(OCC3CCN(CC4(O)CCOCC4)CC3)c12. The Labute approximate surface area is 188 Å². The molecule has 0 amide bonds. The number of likely N-dealkylation sites (tertiary alicyclic amines) is 1. The lowest BCUT2D eigenvalue weighted by atomic mass is 9.91. The maximum absolute atomic E-state index is 10.8. The van der Waals surface area contributed by atoms with Crippen molar-refractivity contribution in [2.75, 3.05) is 39.5 Å². The summed E-state index contributed by atoms with van der Waals surface area (Å²) in [5.74, 6) is 1.55. The first-order chi connectivity index (χ1) is 15.6. The zero-order chi connectivity index (χ0) is 22.0. The lowest BCUT2D eigenvalue weighted by Crippen LogP contribution is -2.49. The van der Waals surface area contributed by atoms with E-state index in [1.807, 2.05) is 18.2 Å². The van der Waals surface area contributed by atoms with Crippen molar-refractivity contribution in [3.8, 4) is 11.6 Å². The molecule has 8 heteroatoms. The molecule has 2 saturated heterocycles. The molecule has 0 bridgehead atoms. The molecule has 3 aliphatic rings. The average molecular weight is 447 g/mol. The second-order valence-corrected chi connectivity index (χ2v) is 9.64. The van der Waals surface area contributed by atoms with Gasteiger partial charge in [0.05, 0.1) is 18.3 Å². The van der Waals surface area contributed by atoms with Crippen LogP contribution in [0.4, 0.5) is 0 Å². The summed E-state index contributed by atoms with van der Waals surface area (Å²) in [4.78, 5) is 2.37. The predicted molar refractivity (Wildman–Crippen MR) is 118 cm³/mol. The van der Waals surface area contributed by atoms with Gasteiger partial charge in [0.1, 0.15) is 17.2 Å². The molecule has 2 atom stereocenters. The van der Waals surface area contributed by atoms with Gasteiger partial charge in [-0.2, -0.15) is 0 Å². The van der Waals surface area contributed by atoms with Crippen molar-refractivity contribution in [3.63, 3.8) is 0 Å². The monoisotopic (exact) mass is 446 g/mol. The largest absolute Gasteiger partial charge is 0.487 e. The Kier molecular flexibility index (Phi) is 6.55. The summed E-state index contributed by atoms with van der Waals surface area (Å²) in [6.07, 6.45) is 5.46. The van der Waals surface area contributed by atoms with Crippen molar-refractivity contribution < 1.29 is 28.9 Å². The minimum absolute atomic E-state index is 0.196. The van der Waals surface area contributed by atoms with Crippen molar-refractivity contribution >= 4 is 11.0 Å². The number of fused-ring (bicyclic) bond motifs is 1. The van der Waals surface area contributed by atoms with E-state index in [9.17, 15) is 10.2 Å². The highest BCUT2D eigenvalue weighted by atomic mass is 16.5. The van der Waals surface area contributed by atoms with Crippen LogP contribution in [-0.2, 0) is 4.74 Å². The fraction of sp³-hybridized carbons (Fsp3) is 0.708. The van der Waals surface area contributed by atoms with Crippen molar-refractivity contribution in [1.29, 1.82) is 0 Å². The van der Waals surface area contributed by atoms with Crippen LogP contribution in [0.2, 0.25) is 0 Å². The average Bonchev–Trinajstić information content (AvgIpc) is 3.40. The van der Waals surface area contributed by atoms with Crippen LogP contribution in [0.15, 0.2) is 22.7 Å². The van der Waals surface area contributed by atoms with E-state index in [0.717, 1.165) is 70.0 Å². The molecule has 1 aliphatic carbocycles. The van der Waals surface area contributed by atoms with Crippen LogP contribution >= 0.6 is 0 Å². The Morgan fingerprint density at radius 1 is 1.12 bits per heavy atom. The molecule has 5 rings (SSSR count). The van der Waals surface area contributed by atoms with Crippen molar-refractivity contribution in [2.45, 2.75) is 62.8 Å². The van der Waals surface area contributed by atoms with Gasteiger partial charge in [0, 0.05) is 32.6 Å². The number of β-amino-alcohol motifs (C(OH)–C–C–N with tert-alkyl or cyclic N) is 1. The molecule has 32 heavy (non-hydrogen) atoms. The van der Waals surface area contributed by atoms with Gasteiger partial charge in [-0.15, -0.1) is 0 Å². The van der Waals surface area contributed by atoms with E-state index in [4.69, 9.17) is 18.7 Å². The smallest absolute Gasteiger partial charge is 0.265 e. The van der Waals surface area contributed by atoms with E-state index in [1.54, 1.807) is 0 Å². The standard InChI is InChI=1S/C24H34N2O6/c27-18-3-1-4-19(18)31-20-5-2-6-21-22(20)23(25-32-21)30-15-17-7-11-26(12-8-17)16-24(28)9-13-29-14-10-24/h2,5-6,17-19,27-28H,1,3-4,7-16H2/t18-,19?/m0/s1. The summed E-state index contributed by atoms with van der Waals surface area (Å²) in [6, 6.07) is 5.61. The van der Waals surface area contributed by atoms with Crippen LogP contribution in [0.3, 0.4) is 0 Å². The molecule has 2 N–H and O–H groups in total. The number of rotatable bonds is 7. The topological polar surface area (TPSA) is 97.4 Å². The second-order valence-electron chi connectivity index (χ2n) is 9.64. The van der Waals surface area contributed by atoms with Crippen molar-refractivity contribution in [2.24, 2.45) is 5.92 Å². The lowest BCUT2D eigenvalue weighted by Gasteiger charge is -2.39. The molecule has 1 saturated carbocycles. The van der Waals surface area contributed by atoms with Crippen LogP contribution in [0.5, 0.6) is 11.6 Å². The van der Waals surface area contributed by atoms with Gasteiger partial charge >= 0.3 is 0 Å². The van der Waals surface area contributed by atoms with E-state index in [-0.39, 0.29) is 6.10 Å². The molecule has 3 fully saturated rings. The fourth-order valence-electron chi connectivity index (χ4n) is 5.17. The zero-order valence-electron chi connectivity index (χ0n) is 18.6. The first kappa shape index (κ1) is 21.9. The predicted octanol–water partition coefficient (Wildman–Crippen LogP) is 2.75. The quantitative estimate of drug-likeness (QED) is 0.670. The summed E-state index contributed by atoms with van der Waals surface area (Å²) in [5.41, 5.74) is 0.0225. The first-order valence-corrected chi connectivity index (χ1v) is 12.0. The number of benzene rings is 1. The molecular weight excluding hydrogens is 412 g/mol. The highest BCUT2D eigenvalue weighted by molar-refractivity contribution is 5.88. The van der Waals surface area contributed by atoms with Crippen LogP contribution in [-0.4, -0.2) is 77.5 Å². The maximum atomic E-state index is 10.8. The maximum Gasteiger partial charge on any atom is 0.265 e. The molecule has 2 aromatic rings. The van der Waals surface area contributed by atoms with Gasteiger partial charge < -0.3 is 33.8 Å². The van der Waals surface area contributed by atoms with Crippen LogP contribution in [0.25, 0.3) is 11.0 Å². The number of nitrogens with zero attached hydrogens (tertiary/aromatic N) is 2. The minimum atomic E-state index is -0.607. The number of aliphatic hydroxyl groups excluding tert-OH is 1. The Hall–Kier alpha value is -1.87. The van der Waals surface area contributed by atoms with E-state index in [2.05, 4.69) is 10.1 Å². The second kappa shape index (κ2) is 9.55. The molecule has 2 aliphatic heterocycles. The number of hydrogen-bond donors (Lipinski definition) is 2. The van der Waals surface area contributed by atoms with Crippen LogP contribution in [0, 0.1) is 5.92 Å². The van der Waals surface area contributed by atoms with Gasteiger partial charge in [-0.3, -0.25) is 0 Å². The number of aromatic nitrogens is 1. The molecule has 0 spiro atoms. The summed E-state index contributed by atoms with van der Waals surface area (Å²) < 4.78 is 23.1. The van der Waals surface area contributed by atoms with E-state index >= 15 is 0 Å². The Morgan fingerprint density at radius 2 is 1.94 bits per heavy atom. The van der Waals surface area contributed by atoms with Crippen molar-refractivity contribution in [3.05, 3.63) is 18.2 Å². The summed E-state index contributed by atoms with van der Waals surface area (Å²) >= 11 is 0. The molecule has 1 aromatic heterocycles. The van der Waals surface area contributed by atoms with Gasteiger partial charge in [-0.25, -0.2) is 0 Å². The normalized spacial score (nSPS) is 27.1. The van der Waals surface area contributed by atoms with Gasteiger partial charge in [0.2, 0.25) is 0 Å². The van der Waals surface area contributed by atoms with Crippen molar-refractivity contribution in [1.82, 2.24) is 10.1 Å². The molecular formula is C24H34N2O6. The van der Waals surface area contributed by atoms with E-state index in [1.165, 1.54) is 0 Å². The molecule has 0 radical (unpaired) electrons. The lowest BCUT2D eigenvalue weighted by molar-refractivity contribution is -0.0834. The van der Waals surface area contributed by atoms with Gasteiger partial charge in [0.15, 0.2) is 5.58 Å². The Bertz CT molecular complexity index is 888. The molecule has 176 valence electrons. The van der Waals surface area contributed by atoms with Crippen LogP contribution in [0.1, 0.15) is 44.9 Å². The summed E-state index contributed by atoms with van der Waals surface area (Å²) in [5, 5.41) is 25.8.